The van der Waals surface area contributed by atoms with E-state index in [9.17, 15) is 4.79 Å². The van der Waals surface area contributed by atoms with E-state index < -0.39 is 0 Å². The van der Waals surface area contributed by atoms with Gasteiger partial charge < -0.3 is 15.5 Å². The maximum absolute atomic E-state index is 12.1. The van der Waals surface area contributed by atoms with E-state index in [0.717, 1.165) is 31.0 Å². The Morgan fingerprint density at radius 2 is 2.17 bits per heavy atom. The highest BCUT2D eigenvalue weighted by atomic mass is 127. The van der Waals surface area contributed by atoms with Gasteiger partial charge in [-0.25, -0.2) is 4.99 Å². The number of nitrogens with zero attached hydrogens (tertiary/aromatic N) is 3. The van der Waals surface area contributed by atoms with E-state index in [4.69, 9.17) is 0 Å². The van der Waals surface area contributed by atoms with Crippen LogP contribution < -0.4 is 10.6 Å². The molecule has 1 amide bonds. The Balaban J connectivity index is 0.00000529. The summed E-state index contributed by atoms with van der Waals surface area (Å²) in [5, 5.41) is 6.35. The highest BCUT2D eigenvalue weighted by Crippen LogP contribution is 1.97. The summed E-state index contributed by atoms with van der Waals surface area (Å²) in [5.41, 5.74) is 0.989. The summed E-state index contributed by atoms with van der Waals surface area (Å²) in [6.07, 6.45) is 4.58. The molecule has 1 heterocycles. The molecule has 0 radical (unpaired) electrons. The van der Waals surface area contributed by atoms with E-state index in [1.54, 1.807) is 29.9 Å². The molecule has 0 aliphatic heterocycles. The number of likely N-dealkylation sites (N-methyl/N-ethyl adjacent to an activating group) is 1. The maximum Gasteiger partial charge on any atom is 0.244 e. The molecule has 0 atom stereocenters. The third-order valence-electron chi connectivity index (χ3n) is 3.17. The monoisotopic (exact) mass is 465 g/mol. The largest absolute Gasteiger partial charge is 0.357 e. The molecule has 1 aromatic heterocycles. The van der Waals surface area contributed by atoms with E-state index in [2.05, 4.69) is 26.9 Å². The Kier molecular flexibility index (Phi) is 13.7. The predicted octanol–water partition coefficient (Wildman–Crippen LogP) is 1.62. The molecule has 1 rings (SSSR count). The van der Waals surface area contributed by atoms with Crippen molar-refractivity contribution in [2.45, 2.75) is 13.3 Å². The Hall–Kier alpha value is -1.03. The summed E-state index contributed by atoms with van der Waals surface area (Å²) in [5.74, 6) is 1.69. The molecule has 0 saturated heterocycles. The van der Waals surface area contributed by atoms with Gasteiger partial charge in [-0.1, -0.05) is 6.07 Å². The predicted molar refractivity (Wildman–Crippen MR) is 113 cm³/mol. The van der Waals surface area contributed by atoms with Crippen molar-refractivity contribution in [3.63, 3.8) is 0 Å². The highest BCUT2D eigenvalue weighted by molar-refractivity contribution is 14.0. The summed E-state index contributed by atoms with van der Waals surface area (Å²) in [7, 11) is 1.80. The number of pyridine rings is 1. The smallest absolute Gasteiger partial charge is 0.244 e. The van der Waals surface area contributed by atoms with Gasteiger partial charge in [0.15, 0.2) is 5.96 Å². The standard InChI is InChI=1S/C16H27N5OS.HI/c1-4-17-16(19-10-12-23-3)20-13-15(22)21(2)11-8-14-7-5-6-9-18-14;/h5-7,9H,4,8,10-13H2,1-3H3,(H2,17,19,20);1H. The van der Waals surface area contributed by atoms with Crippen LogP contribution >= 0.6 is 35.7 Å². The van der Waals surface area contributed by atoms with Crippen LogP contribution in [0, 0.1) is 0 Å². The molecule has 0 fully saturated rings. The first-order chi connectivity index (χ1) is 11.2. The first-order valence-electron chi connectivity index (χ1n) is 7.82. The fourth-order valence-corrected chi connectivity index (χ4v) is 2.14. The minimum absolute atomic E-state index is 0. The van der Waals surface area contributed by atoms with Crippen molar-refractivity contribution >= 4 is 47.6 Å². The first kappa shape index (κ1) is 23.0. The minimum atomic E-state index is 0. The summed E-state index contributed by atoms with van der Waals surface area (Å²) in [6.45, 7) is 4.40. The number of amides is 1. The Bertz CT molecular complexity index is 487. The second-order valence-corrected chi connectivity index (χ2v) is 5.99. The topological polar surface area (TPSA) is 69.6 Å². The number of thioether (sulfide) groups is 1. The van der Waals surface area contributed by atoms with E-state index in [1.165, 1.54) is 0 Å². The van der Waals surface area contributed by atoms with Gasteiger partial charge in [-0.05, 0) is 25.3 Å². The van der Waals surface area contributed by atoms with Gasteiger partial charge in [0.05, 0.1) is 0 Å². The number of aromatic nitrogens is 1. The van der Waals surface area contributed by atoms with Gasteiger partial charge in [-0.3, -0.25) is 9.78 Å². The fourth-order valence-electron chi connectivity index (χ4n) is 1.83. The van der Waals surface area contributed by atoms with Crippen LogP contribution in [-0.4, -0.2) is 67.0 Å². The number of halogens is 1. The molecule has 0 saturated carbocycles. The molecule has 8 heteroatoms. The molecule has 0 aliphatic rings. The molecule has 6 nitrogen and oxygen atoms in total. The Morgan fingerprint density at radius 1 is 1.38 bits per heavy atom. The molecular weight excluding hydrogens is 437 g/mol. The number of carbonyl (C=O) groups excluding carboxylic acids is 1. The van der Waals surface area contributed by atoms with E-state index >= 15 is 0 Å². The molecule has 0 bridgehead atoms. The summed E-state index contributed by atoms with van der Waals surface area (Å²) >= 11 is 1.77. The van der Waals surface area contributed by atoms with Crippen LogP contribution in [0.4, 0.5) is 0 Å². The van der Waals surface area contributed by atoms with Gasteiger partial charge in [0.2, 0.25) is 5.91 Å². The lowest BCUT2D eigenvalue weighted by atomic mass is 10.2. The number of hydrogen-bond acceptors (Lipinski definition) is 4. The zero-order valence-corrected chi connectivity index (χ0v) is 17.8. The first-order valence-corrected chi connectivity index (χ1v) is 9.21. The average Bonchev–Trinajstić information content (AvgIpc) is 2.58. The van der Waals surface area contributed by atoms with Crippen molar-refractivity contribution in [3.05, 3.63) is 30.1 Å². The summed E-state index contributed by atoms with van der Waals surface area (Å²) in [6, 6.07) is 5.81. The molecule has 24 heavy (non-hydrogen) atoms. The van der Waals surface area contributed by atoms with Crippen molar-refractivity contribution in [3.8, 4) is 0 Å². The molecule has 2 N–H and O–H groups in total. The number of guanidine groups is 1. The van der Waals surface area contributed by atoms with Gasteiger partial charge in [0.1, 0.15) is 6.54 Å². The van der Waals surface area contributed by atoms with Crippen molar-refractivity contribution in [2.24, 2.45) is 4.99 Å². The van der Waals surface area contributed by atoms with Crippen LogP contribution in [0.3, 0.4) is 0 Å². The summed E-state index contributed by atoms with van der Waals surface area (Å²) < 4.78 is 0. The van der Waals surface area contributed by atoms with Crippen LogP contribution in [-0.2, 0) is 11.2 Å². The van der Waals surface area contributed by atoms with Crippen molar-refractivity contribution in [2.75, 3.05) is 45.2 Å². The second-order valence-electron chi connectivity index (χ2n) is 5.00. The van der Waals surface area contributed by atoms with Gasteiger partial charge in [0, 0.05) is 50.7 Å². The number of nitrogens with one attached hydrogen (secondary N) is 2. The van der Waals surface area contributed by atoms with Gasteiger partial charge in [-0.15, -0.1) is 24.0 Å². The molecular formula is C16H28IN5OS. The van der Waals surface area contributed by atoms with Crippen molar-refractivity contribution in [1.82, 2.24) is 20.5 Å². The molecule has 1 aromatic rings. The van der Waals surface area contributed by atoms with Gasteiger partial charge in [0.25, 0.3) is 0 Å². The molecule has 0 unspecified atom stereocenters. The van der Waals surface area contributed by atoms with Crippen LogP contribution in [0.25, 0.3) is 0 Å². The molecule has 136 valence electrons. The third-order valence-corrected chi connectivity index (χ3v) is 3.78. The zero-order chi connectivity index (χ0) is 16.9. The lowest BCUT2D eigenvalue weighted by molar-refractivity contribution is -0.128. The zero-order valence-electron chi connectivity index (χ0n) is 14.6. The Morgan fingerprint density at radius 3 is 2.79 bits per heavy atom. The lowest BCUT2D eigenvalue weighted by Crippen LogP contribution is -2.39. The van der Waals surface area contributed by atoms with Crippen LogP contribution in [0.5, 0.6) is 0 Å². The Labute approximate surface area is 166 Å². The van der Waals surface area contributed by atoms with Crippen LogP contribution in [0.2, 0.25) is 0 Å². The summed E-state index contributed by atoms with van der Waals surface area (Å²) in [4.78, 5) is 22.4. The number of carbonyl (C=O) groups is 1. The third kappa shape index (κ3) is 9.96. The molecule has 0 spiro atoms. The van der Waals surface area contributed by atoms with Crippen molar-refractivity contribution in [1.29, 1.82) is 0 Å². The quantitative estimate of drug-likeness (QED) is 0.251. The van der Waals surface area contributed by atoms with Gasteiger partial charge in [-0.2, -0.15) is 11.8 Å². The number of rotatable bonds is 9. The van der Waals surface area contributed by atoms with E-state index in [0.29, 0.717) is 12.5 Å². The maximum atomic E-state index is 12.1. The lowest BCUT2D eigenvalue weighted by Gasteiger charge is -2.16. The van der Waals surface area contributed by atoms with E-state index in [1.807, 2.05) is 25.1 Å². The van der Waals surface area contributed by atoms with Gasteiger partial charge >= 0.3 is 0 Å². The van der Waals surface area contributed by atoms with Crippen molar-refractivity contribution < 1.29 is 4.79 Å². The van der Waals surface area contributed by atoms with Crippen LogP contribution in [0.1, 0.15) is 12.6 Å². The number of aliphatic imine (C=N–C) groups is 1. The normalized spacial score (nSPS) is 10.7. The second kappa shape index (κ2) is 14.3. The molecule has 0 aromatic carbocycles. The van der Waals surface area contributed by atoms with Crippen LogP contribution in [0.15, 0.2) is 29.4 Å². The number of hydrogen-bond donors (Lipinski definition) is 2. The fraction of sp³-hybridized carbons (Fsp3) is 0.562. The molecule has 0 aliphatic carbocycles. The average molecular weight is 465 g/mol. The SMILES string of the molecule is CCNC(=NCC(=O)N(C)CCc1ccccn1)NCCSC.I. The highest BCUT2D eigenvalue weighted by Gasteiger charge is 2.09. The van der Waals surface area contributed by atoms with E-state index in [-0.39, 0.29) is 36.4 Å². The minimum Gasteiger partial charge on any atom is -0.357 e.